The molecule has 0 aromatic carbocycles. The molecule has 2 rings (SSSR count). The lowest BCUT2D eigenvalue weighted by Gasteiger charge is -2.19. The van der Waals surface area contributed by atoms with Crippen molar-refractivity contribution in [1.82, 2.24) is 20.0 Å². The van der Waals surface area contributed by atoms with Crippen molar-refractivity contribution in [2.24, 2.45) is 0 Å². The molecule has 2 aromatic rings. The van der Waals surface area contributed by atoms with E-state index in [0.29, 0.717) is 13.0 Å². The molecule has 2 aromatic heterocycles. The molecule has 7 nitrogen and oxygen atoms in total. The quantitative estimate of drug-likeness (QED) is 0.846. The van der Waals surface area contributed by atoms with E-state index in [0.717, 1.165) is 11.3 Å². The molecule has 7 heteroatoms. The number of nitrogens with one attached hydrogen (secondary N) is 2. The minimum Gasteiger partial charge on any atom is -0.444 e. The predicted octanol–water partition coefficient (Wildman–Crippen LogP) is 1.91. The van der Waals surface area contributed by atoms with Gasteiger partial charge in [-0.2, -0.15) is 0 Å². The number of pyridine rings is 1. The first-order chi connectivity index (χ1) is 11.3. The molecule has 0 aliphatic rings. The van der Waals surface area contributed by atoms with Crippen molar-refractivity contribution in [3.63, 3.8) is 0 Å². The number of fused-ring (bicyclic) bond motifs is 1. The van der Waals surface area contributed by atoms with Crippen LogP contribution in [0.5, 0.6) is 0 Å². The van der Waals surface area contributed by atoms with Crippen LogP contribution in [0.15, 0.2) is 30.6 Å². The van der Waals surface area contributed by atoms with Crippen molar-refractivity contribution >= 4 is 17.6 Å². The van der Waals surface area contributed by atoms with Crippen molar-refractivity contribution in [3.8, 4) is 0 Å². The Hall–Kier alpha value is -2.57. The van der Waals surface area contributed by atoms with E-state index in [9.17, 15) is 9.59 Å². The average molecular weight is 332 g/mol. The fourth-order valence-corrected chi connectivity index (χ4v) is 2.12. The maximum atomic E-state index is 11.7. The second kappa shape index (κ2) is 7.81. The van der Waals surface area contributed by atoms with Gasteiger partial charge in [0, 0.05) is 38.3 Å². The van der Waals surface area contributed by atoms with Gasteiger partial charge in [-0.05, 0) is 32.9 Å². The van der Waals surface area contributed by atoms with Crippen molar-refractivity contribution in [1.29, 1.82) is 0 Å². The zero-order valence-electron chi connectivity index (χ0n) is 14.3. The number of carbonyl (C=O) groups excluding carboxylic acids is 2. The molecule has 0 atom stereocenters. The number of nitrogens with zero attached hydrogens (tertiary/aromatic N) is 2. The third-order valence-corrected chi connectivity index (χ3v) is 3.14. The molecule has 130 valence electrons. The molecule has 0 saturated heterocycles. The number of rotatable bonds is 6. The summed E-state index contributed by atoms with van der Waals surface area (Å²) in [4.78, 5) is 27.7. The summed E-state index contributed by atoms with van der Waals surface area (Å²) in [7, 11) is 0. The molecule has 2 N–H and O–H groups in total. The van der Waals surface area contributed by atoms with Crippen molar-refractivity contribution in [2.45, 2.75) is 39.2 Å². The standard InChI is InChI=1S/C17H24N4O3/c1-17(2,3)24-16(23)19-10-8-15(22)18-9-7-13-12-21-11-5-4-6-14(21)20-13/h4-6,11-12H,7-10H2,1-3H3,(H,18,22)(H,19,23). The number of imidazole rings is 1. The topological polar surface area (TPSA) is 84.7 Å². The van der Waals surface area contributed by atoms with Gasteiger partial charge in [0.2, 0.25) is 5.91 Å². The van der Waals surface area contributed by atoms with E-state index in [2.05, 4.69) is 15.6 Å². The van der Waals surface area contributed by atoms with E-state index in [1.165, 1.54) is 0 Å². The maximum absolute atomic E-state index is 11.7. The fraction of sp³-hybridized carbons (Fsp3) is 0.471. The van der Waals surface area contributed by atoms with Crippen LogP contribution in [-0.4, -0.2) is 40.1 Å². The minimum absolute atomic E-state index is 0.116. The van der Waals surface area contributed by atoms with Crippen LogP contribution in [0.4, 0.5) is 4.79 Å². The summed E-state index contributed by atoms with van der Waals surface area (Å²) in [5.41, 5.74) is 1.27. The van der Waals surface area contributed by atoms with E-state index < -0.39 is 11.7 Å². The van der Waals surface area contributed by atoms with Gasteiger partial charge in [-0.15, -0.1) is 0 Å². The predicted molar refractivity (Wildman–Crippen MR) is 90.8 cm³/mol. The second-order valence-corrected chi connectivity index (χ2v) is 6.48. The van der Waals surface area contributed by atoms with Gasteiger partial charge < -0.3 is 19.8 Å². The number of alkyl carbamates (subject to hydrolysis) is 1. The number of aromatic nitrogens is 2. The Morgan fingerprint density at radius 3 is 2.71 bits per heavy atom. The Morgan fingerprint density at radius 1 is 1.21 bits per heavy atom. The molecule has 0 aliphatic heterocycles. The number of carbonyl (C=O) groups is 2. The highest BCUT2D eigenvalue weighted by molar-refractivity contribution is 5.77. The number of amides is 2. The van der Waals surface area contributed by atoms with E-state index in [4.69, 9.17) is 4.74 Å². The van der Waals surface area contributed by atoms with Crippen molar-refractivity contribution < 1.29 is 14.3 Å². The van der Waals surface area contributed by atoms with Crippen LogP contribution in [0.1, 0.15) is 32.9 Å². The molecule has 0 bridgehead atoms. The van der Waals surface area contributed by atoms with Crippen LogP contribution >= 0.6 is 0 Å². The van der Waals surface area contributed by atoms with E-state index in [-0.39, 0.29) is 18.9 Å². The summed E-state index contributed by atoms with van der Waals surface area (Å²) in [6.07, 6.45) is 4.25. The molecule has 0 aliphatic carbocycles. The maximum Gasteiger partial charge on any atom is 0.407 e. The van der Waals surface area contributed by atoms with Crippen LogP contribution in [0, 0.1) is 0 Å². The molecular weight excluding hydrogens is 308 g/mol. The van der Waals surface area contributed by atoms with Crippen molar-refractivity contribution in [2.75, 3.05) is 13.1 Å². The molecule has 0 radical (unpaired) electrons. The number of hydrogen-bond acceptors (Lipinski definition) is 4. The Balaban J connectivity index is 1.64. The Kier molecular flexibility index (Phi) is 5.78. The van der Waals surface area contributed by atoms with Gasteiger partial charge in [0.15, 0.2) is 0 Å². The minimum atomic E-state index is -0.541. The summed E-state index contributed by atoms with van der Waals surface area (Å²) in [5.74, 6) is -0.116. The second-order valence-electron chi connectivity index (χ2n) is 6.48. The average Bonchev–Trinajstić information content (AvgIpc) is 2.88. The van der Waals surface area contributed by atoms with Gasteiger partial charge in [-0.1, -0.05) is 6.07 Å². The van der Waals surface area contributed by atoms with Crippen LogP contribution < -0.4 is 10.6 Å². The summed E-state index contributed by atoms with van der Waals surface area (Å²) >= 11 is 0. The van der Waals surface area contributed by atoms with Gasteiger partial charge in [0.05, 0.1) is 5.69 Å². The Labute approximate surface area is 141 Å². The van der Waals surface area contributed by atoms with E-state index >= 15 is 0 Å². The summed E-state index contributed by atoms with van der Waals surface area (Å²) < 4.78 is 7.04. The Bertz CT molecular complexity index is 670. The first-order valence-corrected chi connectivity index (χ1v) is 8.00. The summed E-state index contributed by atoms with van der Waals surface area (Å²) in [6.45, 7) is 6.13. The molecule has 0 spiro atoms. The van der Waals surface area contributed by atoms with Crippen molar-refractivity contribution in [3.05, 3.63) is 36.3 Å². The first kappa shape index (κ1) is 17.8. The van der Waals surface area contributed by atoms with Crippen LogP contribution in [-0.2, 0) is 16.0 Å². The Morgan fingerprint density at radius 2 is 2.00 bits per heavy atom. The molecular formula is C17H24N4O3. The molecule has 2 amide bonds. The lowest BCUT2D eigenvalue weighted by Crippen LogP contribution is -2.35. The molecule has 2 heterocycles. The zero-order valence-corrected chi connectivity index (χ0v) is 14.3. The molecule has 24 heavy (non-hydrogen) atoms. The van der Waals surface area contributed by atoms with Gasteiger partial charge in [-0.3, -0.25) is 4.79 Å². The van der Waals surface area contributed by atoms with E-state index in [1.54, 1.807) is 20.8 Å². The normalized spacial score (nSPS) is 11.3. The van der Waals surface area contributed by atoms with Gasteiger partial charge in [0.25, 0.3) is 0 Å². The smallest absolute Gasteiger partial charge is 0.407 e. The largest absolute Gasteiger partial charge is 0.444 e. The van der Waals surface area contributed by atoms with Crippen LogP contribution in [0.2, 0.25) is 0 Å². The third kappa shape index (κ3) is 5.91. The molecule has 0 fully saturated rings. The molecule has 0 saturated carbocycles. The first-order valence-electron chi connectivity index (χ1n) is 8.00. The van der Waals surface area contributed by atoms with Crippen LogP contribution in [0.25, 0.3) is 5.65 Å². The lowest BCUT2D eigenvalue weighted by atomic mass is 10.2. The highest BCUT2D eigenvalue weighted by atomic mass is 16.6. The van der Waals surface area contributed by atoms with Gasteiger partial charge in [-0.25, -0.2) is 9.78 Å². The highest BCUT2D eigenvalue weighted by Crippen LogP contribution is 2.06. The van der Waals surface area contributed by atoms with Gasteiger partial charge in [0.1, 0.15) is 11.2 Å². The fourth-order valence-electron chi connectivity index (χ4n) is 2.12. The number of ether oxygens (including phenoxy) is 1. The van der Waals surface area contributed by atoms with Crippen LogP contribution in [0.3, 0.4) is 0 Å². The third-order valence-electron chi connectivity index (χ3n) is 3.14. The van der Waals surface area contributed by atoms with E-state index in [1.807, 2.05) is 35.0 Å². The summed E-state index contributed by atoms with van der Waals surface area (Å²) in [5, 5.41) is 5.38. The molecule has 0 unspecified atom stereocenters. The zero-order chi connectivity index (χ0) is 17.6. The van der Waals surface area contributed by atoms with Gasteiger partial charge >= 0.3 is 6.09 Å². The highest BCUT2D eigenvalue weighted by Gasteiger charge is 2.15. The monoisotopic (exact) mass is 332 g/mol. The summed E-state index contributed by atoms with van der Waals surface area (Å²) in [6, 6.07) is 5.81. The lowest BCUT2D eigenvalue weighted by molar-refractivity contribution is -0.120. The SMILES string of the molecule is CC(C)(C)OC(=O)NCCC(=O)NCCc1cn2ccccc2n1. The number of hydrogen-bond donors (Lipinski definition) is 2.